The van der Waals surface area contributed by atoms with Crippen molar-refractivity contribution in [3.8, 4) is 0 Å². The average molecular weight is 278 g/mol. The van der Waals surface area contributed by atoms with E-state index in [1.807, 2.05) is 17.1 Å². The first kappa shape index (κ1) is 8.50. The van der Waals surface area contributed by atoms with Crippen molar-refractivity contribution >= 4 is 22.6 Å². The van der Waals surface area contributed by atoms with Gasteiger partial charge in [-0.15, -0.1) is 0 Å². The molecule has 2 rings (SSSR count). The van der Waals surface area contributed by atoms with Crippen LogP contribution in [0.3, 0.4) is 0 Å². The van der Waals surface area contributed by atoms with Crippen molar-refractivity contribution in [1.82, 2.24) is 9.78 Å². The molecule has 0 aromatic carbocycles. The third kappa shape index (κ3) is 1.50. The lowest BCUT2D eigenvalue weighted by atomic mass is 10.2. The highest BCUT2D eigenvalue weighted by Crippen LogP contribution is 2.29. The Hall–Kier alpha value is -0.100. The monoisotopic (exact) mass is 278 g/mol. The minimum atomic E-state index is -0.194. The van der Waals surface area contributed by atoms with Gasteiger partial charge in [-0.3, -0.25) is 4.68 Å². The van der Waals surface area contributed by atoms with Gasteiger partial charge in [0.25, 0.3) is 0 Å². The third-order valence-electron chi connectivity index (χ3n) is 2.35. The lowest BCUT2D eigenvalue weighted by molar-refractivity contribution is 0.130. The molecular weight excluding hydrogens is 267 g/mol. The summed E-state index contributed by atoms with van der Waals surface area (Å²) in [6.07, 6.45) is 6.70. The van der Waals surface area contributed by atoms with Gasteiger partial charge in [-0.05, 0) is 41.9 Å². The topological polar surface area (TPSA) is 38.0 Å². The number of nitrogens with zero attached hydrogens (tertiary/aromatic N) is 2. The first-order valence-electron chi connectivity index (χ1n) is 4.15. The van der Waals surface area contributed by atoms with E-state index in [4.69, 9.17) is 0 Å². The van der Waals surface area contributed by atoms with Crippen molar-refractivity contribution in [1.29, 1.82) is 0 Å². The van der Waals surface area contributed by atoms with E-state index < -0.39 is 0 Å². The number of halogens is 1. The Morgan fingerprint density at radius 2 is 2.42 bits per heavy atom. The predicted octanol–water partition coefficient (Wildman–Crippen LogP) is 1.57. The molecule has 0 saturated heterocycles. The smallest absolute Gasteiger partial charge is 0.0778 e. The molecule has 66 valence electrons. The van der Waals surface area contributed by atoms with E-state index in [0.717, 1.165) is 22.8 Å². The minimum Gasteiger partial charge on any atom is -0.391 e. The van der Waals surface area contributed by atoms with E-state index in [1.54, 1.807) is 0 Å². The number of hydrogen-bond donors (Lipinski definition) is 1. The van der Waals surface area contributed by atoms with Gasteiger partial charge in [-0.1, -0.05) is 0 Å². The molecule has 3 nitrogen and oxygen atoms in total. The van der Waals surface area contributed by atoms with Gasteiger partial charge < -0.3 is 5.11 Å². The summed E-state index contributed by atoms with van der Waals surface area (Å²) in [6.45, 7) is 0. The van der Waals surface area contributed by atoms with Crippen molar-refractivity contribution in [3.63, 3.8) is 0 Å². The fraction of sp³-hybridized carbons (Fsp3) is 0.625. The standard InChI is InChI=1S/C8H11IN2O/c9-6-4-10-11(5-6)7-2-1-3-8(7)12/h4-5,7-8,12H,1-3H2/t7-,8-/m1/s1. The van der Waals surface area contributed by atoms with Gasteiger partial charge >= 0.3 is 0 Å². The SMILES string of the molecule is O[C@@H]1CCC[C@H]1n1cc(I)cn1. The largest absolute Gasteiger partial charge is 0.391 e. The lowest BCUT2D eigenvalue weighted by Crippen LogP contribution is -2.18. The molecule has 0 aliphatic heterocycles. The first-order chi connectivity index (χ1) is 5.77. The second-order valence-electron chi connectivity index (χ2n) is 3.20. The Morgan fingerprint density at radius 1 is 1.58 bits per heavy atom. The first-order valence-corrected chi connectivity index (χ1v) is 5.23. The number of aliphatic hydroxyl groups excluding tert-OH is 1. The number of aromatic nitrogens is 2. The summed E-state index contributed by atoms with van der Waals surface area (Å²) in [7, 11) is 0. The molecule has 1 saturated carbocycles. The third-order valence-corrected chi connectivity index (χ3v) is 2.91. The molecule has 12 heavy (non-hydrogen) atoms. The van der Waals surface area contributed by atoms with E-state index in [0.29, 0.717) is 0 Å². The fourth-order valence-corrected chi connectivity index (χ4v) is 2.14. The van der Waals surface area contributed by atoms with E-state index >= 15 is 0 Å². The number of aliphatic hydroxyl groups is 1. The van der Waals surface area contributed by atoms with Gasteiger partial charge in [0, 0.05) is 6.20 Å². The zero-order valence-electron chi connectivity index (χ0n) is 6.65. The van der Waals surface area contributed by atoms with Crippen LogP contribution in [0.1, 0.15) is 25.3 Å². The molecule has 1 heterocycles. The van der Waals surface area contributed by atoms with Crippen LogP contribution in [0.5, 0.6) is 0 Å². The Bertz CT molecular complexity index is 274. The van der Waals surface area contributed by atoms with E-state index in [1.165, 1.54) is 0 Å². The van der Waals surface area contributed by atoms with Gasteiger partial charge in [0.05, 0.1) is 21.9 Å². The van der Waals surface area contributed by atoms with E-state index in [2.05, 4.69) is 27.7 Å². The summed E-state index contributed by atoms with van der Waals surface area (Å²) in [5, 5.41) is 13.8. The molecule has 1 fully saturated rings. The Kier molecular flexibility index (Phi) is 2.36. The Balaban J connectivity index is 2.19. The van der Waals surface area contributed by atoms with Crippen LogP contribution < -0.4 is 0 Å². The predicted molar refractivity (Wildman–Crippen MR) is 53.8 cm³/mol. The van der Waals surface area contributed by atoms with Crippen LogP contribution in [-0.4, -0.2) is 21.0 Å². The van der Waals surface area contributed by atoms with Gasteiger partial charge in [-0.25, -0.2) is 0 Å². The molecule has 2 atom stereocenters. The van der Waals surface area contributed by atoms with Gasteiger partial charge in [-0.2, -0.15) is 5.10 Å². The molecular formula is C8H11IN2O. The van der Waals surface area contributed by atoms with Crippen LogP contribution in [0, 0.1) is 3.57 Å². The second-order valence-corrected chi connectivity index (χ2v) is 4.45. The zero-order valence-corrected chi connectivity index (χ0v) is 8.81. The summed E-state index contributed by atoms with van der Waals surface area (Å²) in [5.74, 6) is 0. The lowest BCUT2D eigenvalue weighted by Gasteiger charge is -2.14. The Morgan fingerprint density at radius 3 is 2.92 bits per heavy atom. The second kappa shape index (κ2) is 3.33. The quantitative estimate of drug-likeness (QED) is 0.792. The molecule has 0 amide bonds. The van der Waals surface area contributed by atoms with E-state index in [-0.39, 0.29) is 12.1 Å². The van der Waals surface area contributed by atoms with Crippen LogP contribution in [-0.2, 0) is 0 Å². The van der Waals surface area contributed by atoms with Crippen LogP contribution in [0.2, 0.25) is 0 Å². The molecule has 1 aliphatic carbocycles. The maximum atomic E-state index is 9.59. The molecule has 1 aromatic rings. The highest BCUT2D eigenvalue weighted by Gasteiger charge is 2.26. The highest BCUT2D eigenvalue weighted by atomic mass is 127. The summed E-state index contributed by atoms with van der Waals surface area (Å²) in [5.41, 5.74) is 0. The molecule has 1 aliphatic rings. The summed E-state index contributed by atoms with van der Waals surface area (Å²) < 4.78 is 3.02. The van der Waals surface area contributed by atoms with Gasteiger partial charge in [0.1, 0.15) is 0 Å². The highest BCUT2D eigenvalue weighted by molar-refractivity contribution is 14.1. The summed E-state index contributed by atoms with van der Waals surface area (Å²) >= 11 is 2.23. The Labute approximate surface area is 84.9 Å². The summed E-state index contributed by atoms with van der Waals surface area (Å²) in [4.78, 5) is 0. The van der Waals surface area contributed by atoms with Crippen molar-refractivity contribution in [2.45, 2.75) is 31.4 Å². The number of hydrogen-bond acceptors (Lipinski definition) is 2. The van der Waals surface area contributed by atoms with Crippen LogP contribution >= 0.6 is 22.6 Å². The normalized spacial score (nSPS) is 29.5. The zero-order chi connectivity index (χ0) is 8.55. The fourth-order valence-electron chi connectivity index (χ4n) is 1.73. The minimum absolute atomic E-state index is 0.194. The van der Waals surface area contributed by atoms with Crippen molar-refractivity contribution in [2.75, 3.05) is 0 Å². The molecule has 0 radical (unpaired) electrons. The molecule has 1 N–H and O–H groups in total. The maximum Gasteiger partial charge on any atom is 0.0778 e. The molecule has 0 spiro atoms. The average Bonchev–Trinajstić information content (AvgIpc) is 2.58. The van der Waals surface area contributed by atoms with Gasteiger partial charge in [0.15, 0.2) is 0 Å². The molecule has 0 unspecified atom stereocenters. The van der Waals surface area contributed by atoms with Crippen LogP contribution in [0.4, 0.5) is 0 Å². The van der Waals surface area contributed by atoms with Crippen LogP contribution in [0.15, 0.2) is 12.4 Å². The van der Waals surface area contributed by atoms with Crippen LogP contribution in [0.25, 0.3) is 0 Å². The molecule has 0 bridgehead atoms. The van der Waals surface area contributed by atoms with Crippen molar-refractivity contribution < 1.29 is 5.11 Å². The van der Waals surface area contributed by atoms with E-state index in [9.17, 15) is 5.11 Å². The van der Waals surface area contributed by atoms with Crippen molar-refractivity contribution in [3.05, 3.63) is 16.0 Å². The molecule has 4 heteroatoms. The number of rotatable bonds is 1. The van der Waals surface area contributed by atoms with Crippen molar-refractivity contribution in [2.24, 2.45) is 0 Å². The molecule has 1 aromatic heterocycles. The maximum absolute atomic E-state index is 9.59. The van der Waals surface area contributed by atoms with Gasteiger partial charge in [0.2, 0.25) is 0 Å². The summed E-state index contributed by atoms with van der Waals surface area (Å²) in [6, 6.07) is 0.216.